The number of ether oxygens (including phenoxy) is 1. The summed E-state index contributed by atoms with van der Waals surface area (Å²) in [5, 5.41) is 17.4. The first-order chi connectivity index (χ1) is 16.7. The van der Waals surface area contributed by atoms with Crippen molar-refractivity contribution in [3.05, 3.63) is 96.2 Å². The van der Waals surface area contributed by atoms with Gasteiger partial charge in [-0.05, 0) is 61.4 Å². The Labute approximate surface area is 196 Å². The van der Waals surface area contributed by atoms with Gasteiger partial charge in [0.15, 0.2) is 5.82 Å². The quantitative estimate of drug-likeness (QED) is 0.350. The first kappa shape index (κ1) is 21.2. The molecule has 1 aromatic carbocycles. The van der Waals surface area contributed by atoms with Crippen molar-refractivity contribution in [1.82, 2.24) is 35.6 Å². The monoisotopic (exact) mass is 450 g/mol. The van der Waals surface area contributed by atoms with E-state index in [2.05, 4.69) is 53.0 Å². The van der Waals surface area contributed by atoms with Crippen LogP contribution in [0.5, 0.6) is 11.5 Å². The largest absolute Gasteiger partial charge is 0.455 e. The Balaban J connectivity index is 1.26. The van der Waals surface area contributed by atoms with Crippen LogP contribution in [-0.4, -0.2) is 35.6 Å². The number of hydrogen-bond acceptors (Lipinski definition) is 8. The van der Waals surface area contributed by atoms with E-state index in [-0.39, 0.29) is 0 Å². The van der Waals surface area contributed by atoms with Crippen LogP contribution in [0.25, 0.3) is 11.4 Å². The molecule has 0 radical (unpaired) electrons. The molecule has 5 rings (SSSR count). The molecule has 34 heavy (non-hydrogen) atoms. The lowest BCUT2D eigenvalue weighted by Crippen LogP contribution is -1.98. The van der Waals surface area contributed by atoms with Crippen molar-refractivity contribution in [2.24, 2.45) is 0 Å². The van der Waals surface area contributed by atoms with Crippen LogP contribution in [0, 0.1) is 6.92 Å². The fourth-order valence-corrected chi connectivity index (χ4v) is 3.48. The van der Waals surface area contributed by atoms with Gasteiger partial charge >= 0.3 is 0 Å². The Morgan fingerprint density at radius 1 is 0.882 bits per heavy atom. The van der Waals surface area contributed by atoms with Gasteiger partial charge in [0.05, 0.1) is 17.1 Å². The smallest absolute Gasteiger partial charge is 0.174 e. The van der Waals surface area contributed by atoms with Crippen LogP contribution in [0.1, 0.15) is 17.1 Å². The molecule has 0 spiro atoms. The molecule has 4 heterocycles. The summed E-state index contributed by atoms with van der Waals surface area (Å²) < 4.78 is 6.10. The fraction of sp³-hybridized carbons (Fsp3) is 0.120. The van der Waals surface area contributed by atoms with Gasteiger partial charge in [0.1, 0.15) is 17.3 Å². The van der Waals surface area contributed by atoms with Crippen LogP contribution in [0.2, 0.25) is 0 Å². The SMILES string of the molecule is Cc1nc(-c2ccccn2)ccc1Oc1ccnc(Nc2cccc(CCc3nn[nH]n3)c2)c1. The second-order valence-electron chi connectivity index (χ2n) is 7.63. The number of rotatable bonds is 8. The molecule has 0 unspecified atom stereocenters. The van der Waals surface area contributed by atoms with Crippen molar-refractivity contribution in [2.75, 3.05) is 5.32 Å². The Morgan fingerprint density at radius 2 is 1.85 bits per heavy atom. The van der Waals surface area contributed by atoms with Gasteiger partial charge in [-0.2, -0.15) is 5.21 Å². The number of anilines is 2. The van der Waals surface area contributed by atoms with Gasteiger partial charge < -0.3 is 10.1 Å². The summed E-state index contributed by atoms with van der Waals surface area (Å²) in [5.74, 6) is 2.73. The Kier molecular flexibility index (Phi) is 6.15. The summed E-state index contributed by atoms with van der Waals surface area (Å²) in [6, 6.07) is 21.4. The molecular weight excluding hydrogens is 428 g/mol. The molecule has 0 aliphatic carbocycles. The second kappa shape index (κ2) is 9.86. The summed E-state index contributed by atoms with van der Waals surface area (Å²) >= 11 is 0. The number of tetrazole rings is 1. The highest BCUT2D eigenvalue weighted by Crippen LogP contribution is 2.28. The number of pyridine rings is 3. The number of aromatic amines is 1. The topological polar surface area (TPSA) is 114 Å². The Morgan fingerprint density at radius 3 is 2.68 bits per heavy atom. The van der Waals surface area contributed by atoms with Gasteiger partial charge in [-0.1, -0.05) is 23.4 Å². The molecule has 4 aromatic heterocycles. The number of H-pyrrole nitrogens is 1. The third-order valence-electron chi connectivity index (χ3n) is 5.15. The Hall–Kier alpha value is -4.66. The first-order valence-corrected chi connectivity index (χ1v) is 10.8. The molecule has 0 aliphatic rings. The first-order valence-electron chi connectivity index (χ1n) is 10.8. The van der Waals surface area contributed by atoms with E-state index >= 15 is 0 Å². The zero-order valence-corrected chi connectivity index (χ0v) is 18.5. The van der Waals surface area contributed by atoms with Crippen molar-refractivity contribution in [2.45, 2.75) is 19.8 Å². The molecule has 2 N–H and O–H groups in total. The summed E-state index contributed by atoms with van der Waals surface area (Å²) in [5.41, 5.74) is 4.52. The molecule has 0 bridgehead atoms. The summed E-state index contributed by atoms with van der Waals surface area (Å²) in [6.07, 6.45) is 5.00. The van der Waals surface area contributed by atoms with E-state index in [1.54, 1.807) is 12.4 Å². The van der Waals surface area contributed by atoms with Crippen molar-refractivity contribution in [1.29, 1.82) is 0 Å². The average Bonchev–Trinajstić information content (AvgIpc) is 3.39. The number of aryl methyl sites for hydroxylation is 3. The maximum Gasteiger partial charge on any atom is 0.174 e. The minimum Gasteiger partial charge on any atom is -0.455 e. The van der Waals surface area contributed by atoms with Crippen LogP contribution in [0.15, 0.2) is 79.1 Å². The average molecular weight is 451 g/mol. The molecule has 9 heteroatoms. The normalized spacial score (nSPS) is 10.7. The second-order valence-corrected chi connectivity index (χ2v) is 7.63. The van der Waals surface area contributed by atoms with E-state index in [0.29, 0.717) is 29.6 Å². The Bertz CT molecular complexity index is 1370. The zero-order chi connectivity index (χ0) is 23.2. The van der Waals surface area contributed by atoms with Crippen molar-refractivity contribution in [3.63, 3.8) is 0 Å². The van der Waals surface area contributed by atoms with Gasteiger partial charge in [-0.25, -0.2) is 9.97 Å². The van der Waals surface area contributed by atoms with Gasteiger partial charge in [-0.15, -0.1) is 10.2 Å². The molecule has 5 aromatic rings. The molecule has 168 valence electrons. The highest BCUT2D eigenvalue weighted by Gasteiger charge is 2.08. The maximum atomic E-state index is 6.10. The van der Waals surface area contributed by atoms with Crippen LogP contribution in [0.4, 0.5) is 11.5 Å². The molecule has 0 amide bonds. The molecule has 9 nitrogen and oxygen atoms in total. The molecule has 0 saturated heterocycles. The highest BCUT2D eigenvalue weighted by atomic mass is 16.5. The van der Waals surface area contributed by atoms with Gasteiger partial charge in [0.2, 0.25) is 0 Å². The van der Waals surface area contributed by atoms with E-state index in [1.165, 1.54) is 0 Å². The van der Waals surface area contributed by atoms with Gasteiger partial charge in [0.25, 0.3) is 0 Å². The number of benzene rings is 1. The van der Waals surface area contributed by atoms with Crippen molar-refractivity contribution in [3.8, 4) is 22.9 Å². The van der Waals surface area contributed by atoms with Crippen molar-refractivity contribution < 1.29 is 4.74 Å². The molecule has 0 fully saturated rings. The lowest BCUT2D eigenvalue weighted by Gasteiger charge is -2.12. The third kappa shape index (κ3) is 5.21. The number of aromatic nitrogens is 7. The van der Waals surface area contributed by atoms with Crippen LogP contribution in [0.3, 0.4) is 0 Å². The lowest BCUT2D eigenvalue weighted by molar-refractivity contribution is 0.475. The van der Waals surface area contributed by atoms with Crippen LogP contribution < -0.4 is 10.1 Å². The van der Waals surface area contributed by atoms with E-state index in [9.17, 15) is 0 Å². The molecule has 0 aliphatic heterocycles. The number of hydrogen-bond donors (Lipinski definition) is 2. The third-order valence-corrected chi connectivity index (χ3v) is 5.15. The van der Waals surface area contributed by atoms with Gasteiger partial charge in [-0.3, -0.25) is 4.98 Å². The van der Waals surface area contributed by atoms with E-state index in [0.717, 1.165) is 34.8 Å². The fourth-order valence-electron chi connectivity index (χ4n) is 3.48. The highest BCUT2D eigenvalue weighted by molar-refractivity contribution is 5.59. The number of nitrogens with zero attached hydrogens (tertiary/aromatic N) is 6. The summed E-state index contributed by atoms with van der Waals surface area (Å²) in [4.78, 5) is 13.4. The van der Waals surface area contributed by atoms with E-state index < -0.39 is 0 Å². The minimum atomic E-state index is 0.668. The van der Waals surface area contributed by atoms with Crippen LogP contribution >= 0.6 is 0 Å². The standard InChI is InChI=1S/C25H22N8O/c1-17-23(10-9-22(28-17)21-7-2-3-13-26-21)34-20-12-14-27-25(16-20)29-19-6-4-5-18(15-19)8-11-24-30-32-33-31-24/h2-7,9-10,12-16H,8,11H2,1H3,(H,27,29)(H,30,31,32,33). The van der Waals surface area contributed by atoms with Gasteiger partial charge in [0, 0.05) is 30.6 Å². The molecular formula is C25H22N8O. The predicted octanol–water partition coefficient (Wildman–Crippen LogP) is 4.68. The molecule has 0 atom stereocenters. The minimum absolute atomic E-state index is 0.668. The zero-order valence-electron chi connectivity index (χ0n) is 18.5. The number of nitrogens with one attached hydrogen (secondary N) is 2. The molecule has 0 saturated carbocycles. The lowest BCUT2D eigenvalue weighted by atomic mass is 10.1. The van der Waals surface area contributed by atoms with Crippen LogP contribution in [-0.2, 0) is 12.8 Å². The summed E-state index contributed by atoms with van der Waals surface area (Å²) in [7, 11) is 0. The maximum absolute atomic E-state index is 6.10. The van der Waals surface area contributed by atoms with E-state index in [1.807, 2.05) is 61.5 Å². The predicted molar refractivity (Wildman–Crippen MR) is 128 cm³/mol. The van der Waals surface area contributed by atoms with Crippen molar-refractivity contribution >= 4 is 11.5 Å². The summed E-state index contributed by atoms with van der Waals surface area (Å²) in [6.45, 7) is 1.92. The van der Waals surface area contributed by atoms with E-state index in [4.69, 9.17) is 4.74 Å².